The maximum absolute atomic E-state index is 11.7. The second-order valence-corrected chi connectivity index (χ2v) is 3.73. The van der Waals surface area contributed by atoms with Crippen molar-refractivity contribution in [1.82, 2.24) is 5.32 Å². The lowest BCUT2D eigenvalue weighted by atomic mass is 10.1. The highest BCUT2D eigenvalue weighted by atomic mass is 16.3. The Kier molecular flexibility index (Phi) is 5.13. The lowest BCUT2D eigenvalue weighted by Gasteiger charge is -2.06. The number of aromatic hydroxyl groups is 1. The fraction of sp³-hybridized carbons (Fsp3) is 0.417. The van der Waals surface area contributed by atoms with Crippen LogP contribution in [0.25, 0.3) is 0 Å². The maximum Gasteiger partial charge on any atom is 0.255 e. The first kappa shape index (κ1) is 13.2. The number of nitroso groups, excluding NO2 is 1. The van der Waals surface area contributed by atoms with Crippen LogP contribution in [0.1, 0.15) is 36.5 Å². The van der Waals surface area contributed by atoms with E-state index >= 15 is 0 Å². The molecule has 0 atom stereocenters. The quantitative estimate of drug-likeness (QED) is 0.588. The topological polar surface area (TPSA) is 78.8 Å². The summed E-state index contributed by atoms with van der Waals surface area (Å²) in [4.78, 5) is 22.0. The Morgan fingerprint density at radius 1 is 1.41 bits per heavy atom. The molecular formula is C12H16N2O3. The lowest BCUT2D eigenvalue weighted by molar-refractivity contribution is 0.0950. The monoisotopic (exact) mass is 236 g/mol. The van der Waals surface area contributed by atoms with Crippen LogP contribution in [0, 0.1) is 4.91 Å². The van der Waals surface area contributed by atoms with Gasteiger partial charge < -0.3 is 10.4 Å². The van der Waals surface area contributed by atoms with Crippen molar-refractivity contribution in [3.8, 4) is 5.75 Å². The number of hydrogen-bond acceptors (Lipinski definition) is 4. The van der Waals surface area contributed by atoms with Crippen LogP contribution in [0.5, 0.6) is 5.75 Å². The van der Waals surface area contributed by atoms with Crippen molar-refractivity contribution in [2.24, 2.45) is 5.18 Å². The van der Waals surface area contributed by atoms with Gasteiger partial charge in [0.2, 0.25) is 0 Å². The number of carbonyl (C=O) groups is 1. The molecule has 5 nitrogen and oxygen atoms in total. The first-order valence-electron chi connectivity index (χ1n) is 5.64. The van der Waals surface area contributed by atoms with Gasteiger partial charge in [0, 0.05) is 6.54 Å². The van der Waals surface area contributed by atoms with E-state index < -0.39 is 0 Å². The SMILES string of the molecule is CCCCCNC(=O)c1cccc(N=O)c1O. The molecule has 0 aliphatic rings. The number of nitrogens with zero attached hydrogens (tertiary/aromatic N) is 1. The van der Waals surface area contributed by atoms with E-state index in [-0.39, 0.29) is 22.9 Å². The summed E-state index contributed by atoms with van der Waals surface area (Å²) in [7, 11) is 0. The van der Waals surface area contributed by atoms with Gasteiger partial charge in [0.25, 0.3) is 5.91 Å². The fourth-order valence-electron chi connectivity index (χ4n) is 1.46. The van der Waals surface area contributed by atoms with Gasteiger partial charge in [0.15, 0.2) is 5.75 Å². The van der Waals surface area contributed by atoms with Gasteiger partial charge in [-0.3, -0.25) is 4.79 Å². The van der Waals surface area contributed by atoms with Crippen molar-refractivity contribution in [3.63, 3.8) is 0 Å². The molecule has 1 aromatic rings. The first-order valence-corrected chi connectivity index (χ1v) is 5.64. The van der Waals surface area contributed by atoms with E-state index in [1.54, 1.807) is 0 Å². The van der Waals surface area contributed by atoms with E-state index in [1.807, 2.05) is 0 Å². The van der Waals surface area contributed by atoms with Gasteiger partial charge in [-0.1, -0.05) is 25.8 Å². The average molecular weight is 236 g/mol. The predicted octanol–water partition coefficient (Wildman–Crippen LogP) is 2.71. The molecule has 0 aromatic heterocycles. The minimum absolute atomic E-state index is 0.0820. The number of unbranched alkanes of at least 4 members (excludes halogenated alkanes) is 2. The molecule has 1 amide bonds. The van der Waals surface area contributed by atoms with Crippen molar-refractivity contribution in [2.75, 3.05) is 6.54 Å². The minimum atomic E-state index is -0.385. The van der Waals surface area contributed by atoms with Gasteiger partial charge in [-0.15, -0.1) is 4.91 Å². The van der Waals surface area contributed by atoms with Crippen molar-refractivity contribution in [1.29, 1.82) is 0 Å². The van der Waals surface area contributed by atoms with E-state index in [1.165, 1.54) is 18.2 Å². The summed E-state index contributed by atoms with van der Waals surface area (Å²) < 4.78 is 0. The highest BCUT2D eigenvalue weighted by Crippen LogP contribution is 2.29. The molecule has 0 fully saturated rings. The molecule has 0 radical (unpaired) electrons. The molecule has 92 valence electrons. The summed E-state index contributed by atoms with van der Waals surface area (Å²) in [5.74, 6) is -0.750. The molecule has 0 saturated carbocycles. The number of rotatable bonds is 6. The molecular weight excluding hydrogens is 220 g/mol. The van der Waals surface area contributed by atoms with Crippen LogP contribution in [0.2, 0.25) is 0 Å². The van der Waals surface area contributed by atoms with Crippen LogP contribution in [-0.2, 0) is 0 Å². The van der Waals surface area contributed by atoms with Crippen molar-refractivity contribution in [3.05, 3.63) is 28.7 Å². The van der Waals surface area contributed by atoms with E-state index in [9.17, 15) is 14.8 Å². The largest absolute Gasteiger partial charge is 0.505 e. The summed E-state index contributed by atoms with van der Waals surface area (Å²) in [5.41, 5.74) is -0.0372. The standard InChI is InChI=1S/C12H16N2O3/c1-2-3-4-8-13-12(16)9-6-5-7-10(14-17)11(9)15/h5-7,15H,2-4,8H2,1H3,(H,13,16). The van der Waals surface area contributed by atoms with Crippen LogP contribution in [0.4, 0.5) is 5.69 Å². The Balaban J connectivity index is 2.66. The van der Waals surface area contributed by atoms with Crippen molar-refractivity contribution in [2.45, 2.75) is 26.2 Å². The highest BCUT2D eigenvalue weighted by Gasteiger charge is 2.13. The molecule has 0 saturated heterocycles. The Morgan fingerprint density at radius 2 is 2.18 bits per heavy atom. The van der Waals surface area contributed by atoms with Crippen LogP contribution >= 0.6 is 0 Å². The van der Waals surface area contributed by atoms with E-state index in [0.717, 1.165) is 19.3 Å². The van der Waals surface area contributed by atoms with E-state index in [4.69, 9.17) is 0 Å². The number of carbonyl (C=O) groups excluding carboxylic acids is 1. The van der Waals surface area contributed by atoms with Gasteiger partial charge in [0.05, 0.1) is 5.56 Å². The number of phenols is 1. The molecule has 0 heterocycles. The smallest absolute Gasteiger partial charge is 0.255 e. The Bertz CT molecular complexity index is 405. The van der Waals surface area contributed by atoms with E-state index in [0.29, 0.717) is 6.54 Å². The van der Waals surface area contributed by atoms with Crippen LogP contribution < -0.4 is 5.32 Å². The summed E-state index contributed by atoms with van der Waals surface area (Å²) in [5, 5.41) is 14.9. The number of phenolic OH excluding ortho intramolecular Hbond substituents is 1. The molecule has 0 aliphatic carbocycles. The van der Waals surface area contributed by atoms with Crippen LogP contribution in [0.15, 0.2) is 23.4 Å². The zero-order valence-corrected chi connectivity index (χ0v) is 9.77. The Hall–Kier alpha value is -1.91. The summed E-state index contributed by atoms with van der Waals surface area (Å²) in [6.45, 7) is 2.64. The number of hydrogen-bond donors (Lipinski definition) is 2. The maximum atomic E-state index is 11.7. The number of nitrogens with one attached hydrogen (secondary N) is 1. The first-order chi connectivity index (χ1) is 8.20. The third kappa shape index (κ3) is 3.55. The molecule has 5 heteroatoms. The van der Waals surface area contributed by atoms with Crippen molar-refractivity contribution < 1.29 is 9.90 Å². The van der Waals surface area contributed by atoms with Crippen LogP contribution in [-0.4, -0.2) is 17.6 Å². The molecule has 0 aliphatic heterocycles. The molecule has 0 unspecified atom stereocenters. The predicted molar refractivity (Wildman–Crippen MR) is 65.4 cm³/mol. The highest BCUT2D eigenvalue weighted by molar-refractivity contribution is 5.98. The third-order valence-corrected chi connectivity index (χ3v) is 2.42. The summed E-state index contributed by atoms with van der Waals surface area (Å²) in [6, 6.07) is 4.33. The Labute approximate surface area is 99.8 Å². The van der Waals surface area contributed by atoms with Gasteiger partial charge in [0.1, 0.15) is 5.69 Å². The Morgan fingerprint density at radius 3 is 2.82 bits per heavy atom. The molecule has 17 heavy (non-hydrogen) atoms. The molecule has 1 rings (SSSR count). The summed E-state index contributed by atoms with van der Waals surface area (Å²) >= 11 is 0. The van der Waals surface area contributed by atoms with E-state index in [2.05, 4.69) is 17.4 Å². The van der Waals surface area contributed by atoms with Gasteiger partial charge in [-0.25, -0.2) is 0 Å². The van der Waals surface area contributed by atoms with Gasteiger partial charge >= 0.3 is 0 Å². The second kappa shape index (κ2) is 6.62. The number of para-hydroxylation sites is 1. The number of benzene rings is 1. The van der Waals surface area contributed by atoms with Crippen LogP contribution in [0.3, 0.4) is 0 Å². The lowest BCUT2D eigenvalue weighted by Crippen LogP contribution is -2.24. The molecule has 0 bridgehead atoms. The van der Waals surface area contributed by atoms with Gasteiger partial charge in [-0.05, 0) is 23.7 Å². The minimum Gasteiger partial charge on any atom is -0.505 e. The van der Waals surface area contributed by atoms with Gasteiger partial charge in [-0.2, -0.15) is 0 Å². The number of amides is 1. The third-order valence-electron chi connectivity index (χ3n) is 2.42. The second-order valence-electron chi connectivity index (χ2n) is 3.73. The zero-order valence-electron chi connectivity index (χ0n) is 9.77. The molecule has 1 aromatic carbocycles. The average Bonchev–Trinajstić information content (AvgIpc) is 2.34. The zero-order chi connectivity index (χ0) is 12.7. The molecule has 2 N–H and O–H groups in total. The van der Waals surface area contributed by atoms with Crippen molar-refractivity contribution >= 4 is 11.6 Å². The molecule has 0 spiro atoms. The normalized spacial score (nSPS) is 9.94. The summed E-state index contributed by atoms with van der Waals surface area (Å²) in [6.07, 6.45) is 3.02. The fourth-order valence-corrected chi connectivity index (χ4v) is 1.46.